The van der Waals surface area contributed by atoms with Gasteiger partial charge in [-0.15, -0.1) is 0 Å². The molecule has 0 aromatic heterocycles. The first-order valence-electron chi connectivity index (χ1n) is 5.68. The number of alkyl halides is 3. The summed E-state index contributed by atoms with van der Waals surface area (Å²) in [5, 5.41) is 3.04. The Labute approximate surface area is 100 Å². The lowest BCUT2D eigenvalue weighted by Gasteiger charge is -2.21. The predicted molar refractivity (Wildman–Crippen MR) is 62.9 cm³/mol. The highest BCUT2D eigenvalue weighted by atomic mass is 19.4. The fourth-order valence-corrected chi connectivity index (χ4v) is 1.83. The summed E-state index contributed by atoms with van der Waals surface area (Å²) >= 11 is 0. The van der Waals surface area contributed by atoms with Crippen LogP contribution in [-0.2, 0) is 6.18 Å². The van der Waals surface area contributed by atoms with E-state index in [0.717, 1.165) is 18.2 Å². The molecule has 0 bridgehead atoms. The summed E-state index contributed by atoms with van der Waals surface area (Å²) in [5.41, 5.74) is 0.168. The van der Waals surface area contributed by atoms with Crippen LogP contribution in [0.5, 0.6) is 0 Å². The second-order valence-electron chi connectivity index (χ2n) is 4.45. The van der Waals surface area contributed by atoms with Crippen molar-refractivity contribution in [2.24, 2.45) is 5.92 Å². The molecule has 96 valence electrons. The minimum Gasteiger partial charge on any atom is -0.319 e. The number of nitrogens with one attached hydrogen (secondary N) is 1. The zero-order valence-electron chi connectivity index (χ0n) is 10.3. The summed E-state index contributed by atoms with van der Waals surface area (Å²) in [6.07, 6.45) is -4.26. The van der Waals surface area contributed by atoms with Gasteiger partial charge >= 0.3 is 6.18 Å². The molecule has 0 spiro atoms. The third-order valence-corrected chi connectivity index (χ3v) is 3.12. The van der Waals surface area contributed by atoms with E-state index in [0.29, 0.717) is 5.92 Å². The highest BCUT2D eigenvalue weighted by Gasteiger charge is 2.30. The molecule has 17 heavy (non-hydrogen) atoms. The zero-order chi connectivity index (χ0) is 13.1. The van der Waals surface area contributed by atoms with Gasteiger partial charge in [-0.3, -0.25) is 0 Å². The molecule has 0 aliphatic rings. The van der Waals surface area contributed by atoms with Gasteiger partial charge in [-0.05, 0) is 37.1 Å². The van der Waals surface area contributed by atoms with Crippen LogP contribution in [-0.4, -0.2) is 13.6 Å². The van der Waals surface area contributed by atoms with Crippen LogP contribution < -0.4 is 5.32 Å². The highest BCUT2D eigenvalue weighted by Crippen LogP contribution is 2.32. The van der Waals surface area contributed by atoms with E-state index >= 15 is 0 Å². The molecule has 0 saturated heterocycles. The molecule has 1 rings (SSSR count). The predicted octanol–water partition coefficient (Wildman–Crippen LogP) is 3.66. The number of rotatable bonds is 4. The highest BCUT2D eigenvalue weighted by molar-refractivity contribution is 5.28. The van der Waals surface area contributed by atoms with Crippen molar-refractivity contribution < 1.29 is 13.2 Å². The molecular formula is C13H18F3N. The van der Waals surface area contributed by atoms with Crippen LogP contribution in [0.4, 0.5) is 13.2 Å². The van der Waals surface area contributed by atoms with E-state index in [-0.39, 0.29) is 5.92 Å². The summed E-state index contributed by atoms with van der Waals surface area (Å²) in [7, 11) is 1.84. The third kappa shape index (κ3) is 3.73. The third-order valence-electron chi connectivity index (χ3n) is 3.12. The lowest BCUT2D eigenvalue weighted by atomic mass is 9.88. The fraction of sp³-hybridized carbons (Fsp3) is 0.538. The first-order valence-corrected chi connectivity index (χ1v) is 5.68. The number of halogens is 3. The summed E-state index contributed by atoms with van der Waals surface area (Å²) in [5.74, 6) is 0.397. The maximum Gasteiger partial charge on any atom is 0.416 e. The average molecular weight is 245 g/mol. The van der Waals surface area contributed by atoms with Gasteiger partial charge in [0.1, 0.15) is 0 Å². The van der Waals surface area contributed by atoms with Gasteiger partial charge in [0.25, 0.3) is 0 Å². The second kappa shape index (κ2) is 5.54. The van der Waals surface area contributed by atoms with Gasteiger partial charge in [0.15, 0.2) is 0 Å². The molecule has 0 saturated carbocycles. The Kier molecular flexibility index (Phi) is 4.57. The van der Waals surface area contributed by atoms with Crippen LogP contribution in [0.25, 0.3) is 0 Å². The minimum absolute atomic E-state index is 0.102. The number of benzene rings is 1. The van der Waals surface area contributed by atoms with Gasteiger partial charge in [0, 0.05) is 0 Å². The molecule has 0 radical (unpaired) electrons. The lowest BCUT2D eigenvalue weighted by molar-refractivity contribution is -0.137. The van der Waals surface area contributed by atoms with Crippen molar-refractivity contribution in [2.45, 2.75) is 25.9 Å². The second-order valence-corrected chi connectivity index (χ2v) is 4.45. The Balaban J connectivity index is 2.92. The van der Waals surface area contributed by atoms with E-state index < -0.39 is 11.7 Å². The normalized spacial score (nSPS) is 15.6. The summed E-state index contributed by atoms with van der Waals surface area (Å²) in [6, 6.07) is 5.59. The SMILES string of the molecule is CNCC(C)C(C)c1cccc(C(F)(F)F)c1. The molecule has 0 fully saturated rings. The average Bonchev–Trinajstić information content (AvgIpc) is 2.27. The topological polar surface area (TPSA) is 12.0 Å². The van der Waals surface area contributed by atoms with Gasteiger partial charge in [0.05, 0.1) is 5.56 Å². The van der Waals surface area contributed by atoms with E-state index in [2.05, 4.69) is 5.32 Å². The Morgan fingerprint density at radius 1 is 1.24 bits per heavy atom. The summed E-state index contributed by atoms with van der Waals surface area (Å²) in [4.78, 5) is 0. The van der Waals surface area contributed by atoms with Gasteiger partial charge in [0.2, 0.25) is 0 Å². The van der Waals surface area contributed by atoms with Crippen molar-refractivity contribution >= 4 is 0 Å². The van der Waals surface area contributed by atoms with Crippen LogP contribution >= 0.6 is 0 Å². The number of hydrogen-bond donors (Lipinski definition) is 1. The van der Waals surface area contributed by atoms with Crippen LogP contribution in [0.3, 0.4) is 0 Å². The Bertz CT molecular complexity index is 360. The molecule has 0 aliphatic heterocycles. The quantitative estimate of drug-likeness (QED) is 0.853. The molecule has 1 N–H and O–H groups in total. The van der Waals surface area contributed by atoms with Crippen LogP contribution in [0.15, 0.2) is 24.3 Å². The number of hydrogen-bond acceptors (Lipinski definition) is 1. The van der Waals surface area contributed by atoms with Crippen molar-refractivity contribution in [3.05, 3.63) is 35.4 Å². The van der Waals surface area contributed by atoms with Crippen molar-refractivity contribution in [2.75, 3.05) is 13.6 Å². The first-order chi connectivity index (χ1) is 7.86. The van der Waals surface area contributed by atoms with Crippen molar-refractivity contribution in [1.29, 1.82) is 0 Å². The molecule has 1 aromatic rings. The largest absolute Gasteiger partial charge is 0.416 e. The molecule has 1 aromatic carbocycles. The Morgan fingerprint density at radius 3 is 2.41 bits per heavy atom. The van der Waals surface area contributed by atoms with Gasteiger partial charge < -0.3 is 5.32 Å². The summed E-state index contributed by atoms with van der Waals surface area (Å²) < 4.78 is 37.7. The molecular weight excluding hydrogens is 227 g/mol. The van der Waals surface area contributed by atoms with E-state index in [4.69, 9.17) is 0 Å². The van der Waals surface area contributed by atoms with Crippen molar-refractivity contribution in [3.8, 4) is 0 Å². The summed E-state index contributed by atoms with van der Waals surface area (Å²) in [6.45, 7) is 4.77. The van der Waals surface area contributed by atoms with Gasteiger partial charge in [-0.25, -0.2) is 0 Å². The zero-order valence-corrected chi connectivity index (χ0v) is 10.3. The Hall–Kier alpha value is -1.03. The molecule has 4 heteroatoms. The van der Waals surface area contributed by atoms with E-state index in [9.17, 15) is 13.2 Å². The van der Waals surface area contributed by atoms with E-state index in [1.807, 2.05) is 20.9 Å². The van der Waals surface area contributed by atoms with Gasteiger partial charge in [-0.1, -0.05) is 32.0 Å². The molecule has 2 atom stereocenters. The molecule has 0 heterocycles. The molecule has 2 unspecified atom stereocenters. The van der Waals surface area contributed by atoms with Crippen molar-refractivity contribution in [1.82, 2.24) is 5.32 Å². The van der Waals surface area contributed by atoms with Crippen molar-refractivity contribution in [3.63, 3.8) is 0 Å². The van der Waals surface area contributed by atoms with E-state index in [1.54, 1.807) is 6.07 Å². The van der Waals surface area contributed by atoms with Crippen LogP contribution in [0.1, 0.15) is 30.9 Å². The smallest absolute Gasteiger partial charge is 0.319 e. The maximum absolute atomic E-state index is 12.6. The van der Waals surface area contributed by atoms with Gasteiger partial charge in [-0.2, -0.15) is 13.2 Å². The lowest BCUT2D eigenvalue weighted by Crippen LogP contribution is -2.21. The molecule has 0 amide bonds. The van der Waals surface area contributed by atoms with Crippen LogP contribution in [0, 0.1) is 5.92 Å². The first kappa shape index (κ1) is 14.0. The molecule has 1 nitrogen and oxygen atoms in total. The minimum atomic E-state index is -4.26. The van der Waals surface area contributed by atoms with E-state index in [1.165, 1.54) is 12.1 Å². The van der Waals surface area contributed by atoms with Crippen LogP contribution in [0.2, 0.25) is 0 Å². The molecule has 0 aliphatic carbocycles. The maximum atomic E-state index is 12.6. The Morgan fingerprint density at radius 2 is 1.88 bits per heavy atom. The monoisotopic (exact) mass is 245 g/mol. The fourth-order valence-electron chi connectivity index (χ4n) is 1.83. The standard InChI is InChI=1S/C13H18F3N/c1-9(8-17-3)10(2)11-5-4-6-12(7-11)13(14,15)16/h4-7,9-10,17H,8H2,1-3H3.